The van der Waals surface area contributed by atoms with Gasteiger partial charge in [-0.05, 0) is 37.8 Å². The van der Waals surface area contributed by atoms with Gasteiger partial charge < -0.3 is 19.5 Å². The fraction of sp³-hybridized carbons (Fsp3) is 0.333. The number of hydrogen-bond acceptors (Lipinski definition) is 9. The molecule has 0 fully saturated rings. The molecular weight excluding hydrogens is 549 g/mol. The Balaban J connectivity index is 2.06. The summed E-state index contributed by atoms with van der Waals surface area (Å²) in [5, 5.41) is 4.42. The fourth-order valence-corrected chi connectivity index (χ4v) is 4.83. The maximum absolute atomic E-state index is 13.2. The number of hydrogen-bond donors (Lipinski definition) is 1. The van der Waals surface area contributed by atoms with E-state index in [0.29, 0.717) is 33.0 Å². The van der Waals surface area contributed by atoms with Crippen LogP contribution in [-0.2, 0) is 30.4 Å². The molecule has 12 heteroatoms. The van der Waals surface area contributed by atoms with Crippen molar-refractivity contribution in [3.63, 3.8) is 0 Å². The number of allylic oxidation sites excluding steroid dienone is 1. The summed E-state index contributed by atoms with van der Waals surface area (Å²) in [4.78, 5) is 34.6. The van der Waals surface area contributed by atoms with E-state index in [9.17, 15) is 9.59 Å². The zero-order valence-electron chi connectivity index (χ0n) is 20.0. The minimum Gasteiger partial charge on any atom is -0.466 e. The van der Waals surface area contributed by atoms with Gasteiger partial charge in [0.2, 0.25) is 0 Å². The Morgan fingerprint density at radius 1 is 1.11 bits per heavy atom. The lowest BCUT2D eigenvalue weighted by atomic mass is 9.80. The number of thioether (sulfide) groups is 1. The van der Waals surface area contributed by atoms with Crippen molar-refractivity contribution in [1.82, 2.24) is 15.3 Å². The number of halogens is 3. The maximum Gasteiger partial charge on any atom is 0.336 e. The summed E-state index contributed by atoms with van der Waals surface area (Å²) in [6.07, 6.45) is 1.84. The highest BCUT2D eigenvalue weighted by atomic mass is 35.5. The van der Waals surface area contributed by atoms with Crippen LogP contribution in [0.4, 0.5) is 0 Å². The average molecular weight is 573 g/mol. The van der Waals surface area contributed by atoms with Crippen LogP contribution in [0.5, 0.6) is 0 Å². The van der Waals surface area contributed by atoms with Crippen molar-refractivity contribution in [3.8, 4) is 0 Å². The van der Waals surface area contributed by atoms with Crippen LogP contribution in [0.2, 0.25) is 15.2 Å². The highest BCUT2D eigenvalue weighted by Crippen LogP contribution is 2.43. The molecule has 0 amide bonds. The number of nitrogens with zero attached hydrogens (tertiary/aromatic N) is 2. The monoisotopic (exact) mass is 571 g/mol. The maximum atomic E-state index is 13.2. The van der Waals surface area contributed by atoms with Crippen molar-refractivity contribution in [2.75, 3.05) is 26.6 Å². The molecule has 1 unspecified atom stereocenters. The minimum absolute atomic E-state index is 0.0230. The van der Waals surface area contributed by atoms with Gasteiger partial charge in [-0.15, -0.1) is 0 Å². The first-order valence-corrected chi connectivity index (χ1v) is 13.1. The van der Waals surface area contributed by atoms with Gasteiger partial charge in [-0.25, -0.2) is 19.6 Å². The molecule has 8 nitrogen and oxygen atoms in total. The molecule has 0 radical (unpaired) electrons. The zero-order chi connectivity index (χ0) is 26.4. The topological polar surface area (TPSA) is 99.6 Å². The molecule has 0 bridgehead atoms. The Labute approximate surface area is 228 Å². The minimum atomic E-state index is -0.904. The van der Waals surface area contributed by atoms with E-state index in [4.69, 9.17) is 49.0 Å². The second-order valence-corrected chi connectivity index (χ2v) is 9.45. The second-order valence-electron chi connectivity index (χ2n) is 7.51. The van der Waals surface area contributed by atoms with Crippen molar-refractivity contribution >= 4 is 58.5 Å². The molecule has 1 aromatic heterocycles. The summed E-state index contributed by atoms with van der Waals surface area (Å²) in [6, 6.07) is 6.61. The van der Waals surface area contributed by atoms with Gasteiger partial charge in [-0.1, -0.05) is 58.7 Å². The third-order valence-corrected chi connectivity index (χ3v) is 6.82. The Morgan fingerprint density at radius 3 is 2.53 bits per heavy atom. The van der Waals surface area contributed by atoms with Crippen LogP contribution in [0.1, 0.15) is 31.0 Å². The molecule has 1 aromatic carbocycles. The first-order chi connectivity index (χ1) is 17.2. The van der Waals surface area contributed by atoms with Gasteiger partial charge in [0.05, 0.1) is 65.4 Å². The van der Waals surface area contributed by atoms with E-state index in [-0.39, 0.29) is 41.0 Å². The smallest absolute Gasteiger partial charge is 0.336 e. The Hall–Kier alpha value is -2.30. The van der Waals surface area contributed by atoms with E-state index < -0.39 is 17.9 Å². The van der Waals surface area contributed by atoms with Crippen LogP contribution in [0, 0.1) is 0 Å². The normalized spacial score (nSPS) is 15.6. The summed E-state index contributed by atoms with van der Waals surface area (Å²) in [5.74, 6) is -2.16. The van der Waals surface area contributed by atoms with Gasteiger partial charge in [-0.3, -0.25) is 0 Å². The molecule has 1 N–H and O–H groups in total. The van der Waals surface area contributed by atoms with Crippen molar-refractivity contribution in [1.29, 1.82) is 0 Å². The fourth-order valence-electron chi connectivity index (χ4n) is 3.76. The number of ether oxygens (including phenoxy) is 3. The summed E-state index contributed by atoms with van der Waals surface area (Å²) in [7, 11) is 1.27. The van der Waals surface area contributed by atoms with Gasteiger partial charge in [-0.2, -0.15) is 0 Å². The van der Waals surface area contributed by atoms with E-state index in [1.54, 1.807) is 38.1 Å². The number of esters is 2. The highest BCUT2D eigenvalue weighted by molar-refractivity contribution is 7.98. The zero-order valence-corrected chi connectivity index (χ0v) is 23.1. The molecule has 0 spiro atoms. The summed E-state index contributed by atoms with van der Waals surface area (Å²) in [6.45, 7) is 3.60. The van der Waals surface area contributed by atoms with Crippen molar-refractivity contribution in [2.24, 2.45) is 0 Å². The van der Waals surface area contributed by atoms with E-state index in [2.05, 4.69) is 15.3 Å². The summed E-state index contributed by atoms with van der Waals surface area (Å²) in [5.41, 5.74) is 2.29. The predicted octanol–water partition coefficient (Wildman–Crippen LogP) is 5.33. The molecule has 3 rings (SSSR count). The Kier molecular flexibility index (Phi) is 10.0. The van der Waals surface area contributed by atoms with Crippen LogP contribution < -0.4 is 5.32 Å². The van der Waals surface area contributed by atoms with Crippen molar-refractivity contribution in [3.05, 3.63) is 73.3 Å². The number of aromatic nitrogens is 2. The molecule has 36 heavy (non-hydrogen) atoms. The number of carbonyl (C=O) groups is 2. The predicted molar refractivity (Wildman–Crippen MR) is 139 cm³/mol. The number of benzene rings is 1. The number of rotatable bonds is 9. The summed E-state index contributed by atoms with van der Waals surface area (Å²) >= 11 is 20.3. The first-order valence-electron chi connectivity index (χ1n) is 10.8. The first kappa shape index (κ1) is 28.3. The number of nitrogens with one attached hydrogen (secondary N) is 1. The van der Waals surface area contributed by atoms with Gasteiger partial charge in [0.25, 0.3) is 0 Å². The molecular formula is C24H24Cl3N3O5S. The third kappa shape index (κ3) is 6.33. The van der Waals surface area contributed by atoms with Crippen molar-refractivity contribution in [2.45, 2.75) is 31.5 Å². The van der Waals surface area contributed by atoms with Gasteiger partial charge >= 0.3 is 11.9 Å². The number of carbonyl (C=O) groups excluding carboxylic acids is 2. The SMILES string of the molecule is CCOC(=O)C1=C(COCc2cc(Cl)nc(SC)n2)NC(C)=C(C(=O)OC)C1c1cccc(Cl)c1Cl. The Bertz CT molecular complexity index is 1240. The standard InChI is InChI=1S/C24H24Cl3N3O5S/c1-5-35-23(32)20-16(11-34-10-13-9-17(26)30-24(29-13)36-4)28-12(2)18(22(31)33-3)19(20)14-7-6-8-15(25)21(14)27/h6-9,19,28H,5,10-11H2,1-4H3. The van der Waals surface area contributed by atoms with Crippen LogP contribution in [0.25, 0.3) is 0 Å². The van der Waals surface area contributed by atoms with Crippen LogP contribution in [0.3, 0.4) is 0 Å². The Morgan fingerprint density at radius 2 is 1.86 bits per heavy atom. The second kappa shape index (κ2) is 12.8. The van der Waals surface area contributed by atoms with E-state index >= 15 is 0 Å². The van der Waals surface area contributed by atoms with Crippen LogP contribution in [0.15, 0.2) is 52.0 Å². The lowest BCUT2D eigenvalue weighted by Gasteiger charge is -2.31. The van der Waals surface area contributed by atoms with Crippen LogP contribution in [-0.4, -0.2) is 48.5 Å². The van der Waals surface area contributed by atoms with Crippen molar-refractivity contribution < 1.29 is 23.8 Å². The molecule has 1 aliphatic rings. The quantitative estimate of drug-likeness (QED) is 0.185. The molecule has 2 heterocycles. The van der Waals surface area contributed by atoms with E-state index in [1.807, 2.05) is 6.26 Å². The molecule has 192 valence electrons. The molecule has 0 saturated carbocycles. The van der Waals surface area contributed by atoms with Gasteiger partial charge in [0.1, 0.15) is 5.15 Å². The lowest BCUT2D eigenvalue weighted by molar-refractivity contribution is -0.139. The molecule has 2 aromatic rings. The van der Waals surface area contributed by atoms with Gasteiger partial charge in [0, 0.05) is 5.70 Å². The number of dihydropyridines is 1. The summed E-state index contributed by atoms with van der Waals surface area (Å²) < 4.78 is 16.3. The third-order valence-electron chi connectivity index (χ3n) is 5.24. The molecule has 1 aliphatic heterocycles. The highest BCUT2D eigenvalue weighted by Gasteiger charge is 2.40. The average Bonchev–Trinajstić information content (AvgIpc) is 2.84. The van der Waals surface area contributed by atoms with E-state index in [0.717, 1.165) is 0 Å². The van der Waals surface area contributed by atoms with E-state index in [1.165, 1.54) is 18.9 Å². The molecule has 1 atom stereocenters. The lowest BCUT2D eigenvalue weighted by Crippen LogP contribution is -2.34. The number of methoxy groups -OCH3 is 1. The molecule has 0 aliphatic carbocycles. The molecule has 0 saturated heterocycles. The van der Waals surface area contributed by atoms with Crippen LogP contribution >= 0.6 is 46.6 Å². The van der Waals surface area contributed by atoms with Gasteiger partial charge in [0.15, 0.2) is 5.16 Å². The largest absolute Gasteiger partial charge is 0.466 e.